The Kier molecular flexibility index (Phi) is 6.35. The van der Waals surface area contributed by atoms with Gasteiger partial charge in [0, 0.05) is 11.5 Å². The number of hydrogen-bond donors (Lipinski definition) is 2. The number of piperidine rings is 1. The molecule has 0 aromatic heterocycles. The van der Waals surface area contributed by atoms with E-state index in [0.29, 0.717) is 12.8 Å². The van der Waals surface area contributed by atoms with Crippen LogP contribution in [0.25, 0.3) is 0 Å². The molecule has 124 valence electrons. The maximum Gasteiger partial charge on any atom is 0.391 e. The minimum atomic E-state index is -4.17. The first-order valence-electron chi connectivity index (χ1n) is 7.40. The van der Waals surface area contributed by atoms with Gasteiger partial charge >= 0.3 is 6.18 Å². The van der Waals surface area contributed by atoms with E-state index >= 15 is 0 Å². The van der Waals surface area contributed by atoms with Crippen LogP contribution < -0.4 is 10.6 Å². The van der Waals surface area contributed by atoms with Crippen LogP contribution in [0.1, 0.15) is 45.4 Å². The molecule has 1 aliphatic carbocycles. The van der Waals surface area contributed by atoms with E-state index in [2.05, 4.69) is 10.6 Å². The van der Waals surface area contributed by atoms with Crippen molar-refractivity contribution in [2.75, 3.05) is 13.1 Å². The smallest absolute Gasteiger partial charge is 0.351 e. The molecule has 0 radical (unpaired) electrons. The van der Waals surface area contributed by atoms with Gasteiger partial charge in [0.2, 0.25) is 5.91 Å². The van der Waals surface area contributed by atoms with Crippen molar-refractivity contribution >= 4 is 18.3 Å². The summed E-state index contributed by atoms with van der Waals surface area (Å²) < 4.78 is 38.3. The summed E-state index contributed by atoms with van der Waals surface area (Å²) >= 11 is 0. The Bertz CT molecular complexity index is 357. The van der Waals surface area contributed by atoms with E-state index in [1.165, 1.54) is 0 Å². The number of nitrogens with one attached hydrogen (secondary N) is 2. The van der Waals surface area contributed by atoms with Crippen LogP contribution in [-0.2, 0) is 4.79 Å². The largest absolute Gasteiger partial charge is 0.391 e. The Labute approximate surface area is 129 Å². The molecule has 2 aliphatic rings. The molecule has 0 aromatic carbocycles. The van der Waals surface area contributed by atoms with Gasteiger partial charge in [-0.05, 0) is 52.1 Å². The lowest BCUT2D eigenvalue weighted by atomic mass is 9.79. The molecule has 2 rings (SSSR count). The number of hydrogen-bond acceptors (Lipinski definition) is 2. The highest BCUT2D eigenvalue weighted by Gasteiger charge is 2.44. The van der Waals surface area contributed by atoms with Crippen molar-refractivity contribution in [3.63, 3.8) is 0 Å². The first-order chi connectivity index (χ1) is 9.30. The van der Waals surface area contributed by atoms with Crippen molar-refractivity contribution in [1.82, 2.24) is 10.6 Å². The standard InChI is InChI=1S/C14H23F3N2O.ClH/c1-13(5-7-18-8-6-13)19-12(20)10-3-2-4-11(9-10)14(15,16)17;/h10-11,18H,2-9H2,1H3,(H,19,20);1H. The van der Waals surface area contributed by atoms with E-state index in [-0.39, 0.29) is 36.7 Å². The van der Waals surface area contributed by atoms with Gasteiger partial charge < -0.3 is 10.6 Å². The lowest BCUT2D eigenvalue weighted by Gasteiger charge is -2.37. The van der Waals surface area contributed by atoms with E-state index in [9.17, 15) is 18.0 Å². The molecule has 7 heteroatoms. The molecule has 1 aliphatic heterocycles. The van der Waals surface area contributed by atoms with Crippen LogP contribution in [0.2, 0.25) is 0 Å². The number of halogens is 4. The monoisotopic (exact) mass is 328 g/mol. The fourth-order valence-electron chi connectivity index (χ4n) is 3.23. The topological polar surface area (TPSA) is 41.1 Å². The van der Waals surface area contributed by atoms with Crippen LogP contribution in [0.4, 0.5) is 13.2 Å². The Morgan fingerprint density at radius 2 is 1.86 bits per heavy atom. The van der Waals surface area contributed by atoms with Gasteiger partial charge in [0.15, 0.2) is 0 Å². The molecule has 1 amide bonds. The van der Waals surface area contributed by atoms with Gasteiger partial charge in [0.05, 0.1) is 5.92 Å². The summed E-state index contributed by atoms with van der Waals surface area (Å²) in [6.07, 6.45) is -1.34. The average molecular weight is 329 g/mol. The van der Waals surface area contributed by atoms with Crippen LogP contribution >= 0.6 is 12.4 Å². The first-order valence-corrected chi connectivity index (χ1v) is 7.40. The molecule has 1 heterocycles. The second kappa shape index (κ2) is 7.18. The first kappa shape index (κ1) is 18.6. The summed E-state index contributed by atoms with van der Waals surface area (Å²) in [7, 11) is 0. The summed E-state index contributed by atoms with van der Waals surface area (Å²) in [6, 6.07) is 0. The van der Waals surface area contributed by atoms with Gasteiger partial charge in [-0.3, -0.25) is 4.79 Å². The zero-order valence-electron chi connectivity index (χ0n) is 12.3. The number of carbonyl (C=O) groups excluding carboxylic acids is 1. The van der Waals surface area contributed by atoms with Crippen molar-refractivity contribution in [2.24, 2.45) is 11.8 Å². The molecule has 1 saturated carbocycles. The van der Waals surface area contributed by atoms with Crippen molar-refractivity contribution in [2.45, 2.75) is 57.2 Å². The second-order valence-corrected chi connectivity index (χ2v) is 6.40. The minimum Gasteiger partial charge on any atom is -0.351 e. The molecule has 2 atom stereocenters. The Morgan fingerprint density at radius 1 is 1.24 bits per heavy atom. The molecule has 0 spiro atoms. The highest BCUT2D eigenvalue weighted by atomic mass is 35.5. The predicted molar refractivity (Wildman–Crippen MR) is 77.4 cm³/mol. The second-order valence-electron chi connectivity index (χ2n) is 6.40. The maximum atomic E-state index is 12.8. The number of rotatable bonds is 2. The van der Waals surface area contributed by atoms with Crippen molar-refractivity contribution in [3.05, 3.63) is 0 Å². The predicted octanol–water partition coefficient (Wildman–Crippen LogP) is 3.04. The zero-order valence-corrected chi connectivity index (χ0v) is 13.1. The van der Waals surface area contributed by atoms with Crippen molar-refractivity contribution < 1.29 is 18.0 Å². The average Bonchev–Trinajstić information content (AvgIpc) is 2.38. The van der Waals surface area contributed by atoms with E-state index in [1.54, 1.807) is 0 Å². The van der Waals surface area contributed by atoms with Crippen LogP contribution in [0.15, 0.2) is 0 Å². The van der Waals surface area contributed by atoms with E-state index in [4.69, 9.17) is 0 Å². The molecule has 2 fully saturated rings. The number of carbonyl (C=O) groups is 1. The highest BCUT2D eigenvalue weighted by Crippen LogP contribution is 2.40. The van der Waals surface area contributed by atoms with E-state index in [1.807, 2.05) is 6.92 Å². The third-order valence-corrected chi connectivity index (χ3v) is 4.64. The van der Waals surface area contributed by atoms with Gasteiger partial charge in [-0.2, -0.15) is 13.2 Å². The van der Waals surface area contributed by atoms with Gasteiger partial charge in [0.1, 0.15) is 0 Å². The summed E-state index contributed by atoms with van der Waals surface area (Å²) in [5.41, 5.74) is -0.270. The maximum absolute atomic E-state index is 12.8. The normalized spacial score (nSPS) is 29.3. The Hall–Kier alpha value is -0.490. The summed E-state index contributed by atoms with van der Waals surface area (Å²) in [4.78, 5) is 12.2. The SMILES string of the molecule is CC1(NC(=O)C2CCCC(C(F)(F)F)C2)CCNCC1.Cl. The van der Waals surface area contributed by atoms with Gasteiger partial charge in [-0.1, -0.05) is 6.42 Å². The van der Waals surface area contributed by atoms with Gasteiger partial charge in [-0.25, -0.2) is 0 Å². The fourth-order valence-corrected chi connectivity index (χ4v) is 3.23. The summed E-state index contributed by atoms with van der Waals surface area (Å²) in [6.45, 7) is 3.66. The Morgan fingerprint density at radius 3 is 2.43 bits per heavy atom. The van der Waals surface area contributed by atoms with Crippen LogP contribution in [0.5, 0.6) is 0 Å². The van der Waals surface area contributed by atoms with Gasteiger partial charge in [0.25, 0.3) is 0 Å². The molecule has 0 aromatic rings. The van der Waals surface area contributed by atoms with Gasteiger partial charge in [-0.15, -0.1) is 12.4 Å². The number of alkyl halides is 3. The molecular weight excluding hydrogens is 305 g/mol. The highest BCUT2D eigenvalue weighted by molar-refractivity contribution is 5.85. The zero-order chi connectivity index (χ0) is 14.8. The lowest BCUT2D eigenvalue weighted by Crippen LogP contribution is -2.54. The molecule has 3 nitrogen and oxygen atoms in total. The summed E-state index contributed by atoms with van der Waals surface area (Å²) in [5.74, 6) is -1.99. The van der Waals surface area contributed by atoms with Crippen molar-refractivity contribution in [1.29, 1.82) is 0 Å². The minimum absolute atomic E-state index is 0. The fraction of sp³-hybridized carbons (Fsp3) is 0.929. The quantitative estimate of drug-likeness (QED) is 0.818. The van der Waals surface area contributed by atoms with Crippen molar-refractivity contribution in [3.8, 4) is 0 Å². The third-order valence-electron chi connectivity index (χ3n) is 4.64. The van der Waals surface area contributed by atoms with E-state index < -0.39 is 18.0 Å². The van der Waals surface area contributed by atoms with E-state index in [0.717, 1.165) is 25.9 Å². The summed E-state index contributed by atoms with van der Waals surface area (Å²) in [5, 5.41) is 6.21. The number of amides is 1. The molecular formula is C14H24ClF3N2O. The van der Waals surface area contributed by atoms with Crippen LogP contribution in [-0.4, -0.2) is 30.7 Å². The molecule has 2 unspecified atom stereocenters. The van der Waals surface area contributed by atoms with Crippen LogP contribution in [0, 0.1) is 11.8 Å². The molecule has 2 N–H and O–H groups in total. The third kappa shape index (κ3) is 5.02. The molecule has 21 heavy (non-hydrogen) atoms. The molecule has 1 saturated heterocycles. The molecule has 0 bridgehead atoms. The van der Waals surface area contributed by atoms with Crippen LogP contribution in [0.3, 0.4) is 0 Å². The Balaban J connectivity index is 0.00000220. The lowest BCUT2D eigenvalue weighted by molar-refractivity contribution is -0.186.